The number of allylic oxidation sites excluding steroid dienone is 2. The van der Waals surface area contributed by atoms with Gasteiger partial charge >= 0.3 is 0 Å². The number of benzene rings is 3. The number of ether oxygens (including phenoxy) is 1. The third kappa shape index (κ3) is 2.37. The predicted molar refractivity (Wildman–Crippen MR) is 152 cm³/mol. The lowest BCUT2D eigenvalue weighted by Crippen LogP contribution is -2.59. The zero-order valence-corrected chi connectivity index (χ0v) is 22.5. The third-order valence-corrected chi connectivity index (χ3v) is 12.6. The molecular weight excluding hydrogens is 475 g/mol. The highest BCUT2D eigenvalue weighted by Gasteiger charge is 2.57. The molecule has 3 unspecified atom stereocenters. The van der Waals surface area contributed by atoms with Gasteiger partial charge in [-0.25, -0.2) is 0 Å². The molecule has 1 aliphatic carbocycles. The van der Waals surface area contributed by atoms with E-state index in [-0.39, 0.29) is 12.1 Å². The van der Waals surface area contributed by atoms with Gasteiger partial charge in [-0.2, -0.15) is 0 Å². The van der Waals surface area contributed by atoms with Crippen LogP contribution >= 0.6 is 7.92 Å². The van der Waals surface area contributed by atoms with E-state index in [0.717, 1.165) is 11.5 Å². The van der Waals surface area contributed by atoms with Gasteiger partial charge in [0.05, 0.1) is 45.4 Å². The topological polar surface area (TPSA) is 22.2 Å². The number of fused-ring (bicyclic) bond motifs is 10. The molecule has 186 valence electrons. The molecule has 37 heavy (non-hydrogen) atoms. The zero-order chi connectivity index (χ0) is 24.6. The molecule has 6 heteroatoms. The lowest BCUT2D eigenvalue weighted by molar-refractivity contribution is 0.147. The van der Waals surface area contributed by atoms with Crippen molar-refractivity contribution in [1.29, 1.82) is 0 Å². The molecule has 0 N–H and O–H groups in total. The van der Waals surface area contributed by atoms with Crippen molar-refractivity contribution in [3.63, 3.8) is 0 Å². The van der Waals surface area contributed by atoms with E-state index >= 15 is 0 Å². The van der Waals surface area contributed by atoms with Gasteiger partial charge in [-0.15, -0.1) is 0 Å². The van der Waals surface area contributed by atoms with E-state index in [9.17, 15) is 0 Å². The summed E-state index contributed by atoms with van der Waals surface area (Å²) in [6.45, 7) is 7.10. The molecule has 5 nitrogen and oxygen atoms in total. The highest BCUT2D eigenvalue weighted by Crippen LogP contribution is 2.67. The number of anilines is 4. The third-order valence-electron chi connectivity index (χ3n) is 9.76. The Morgan fingerprint density at radius 2 is 1.27 bits per heavy atom. The van der Waals surface area contributed by atoms with Crippen molar-refractivity contribution in [3.8, 4) is 11.5 Å². The van der Waals surface area contributed by atoms with Gasteiger partial charge in [-0.3, -0.25) is 0 Å². The molecule has 1 saturated carbocycles. The van der Waals surface area contributed by atoms with Crippen LogP contribution in [0.25, 0.3) is 0 Å². The zero-order valence-electron chi connectivity index (χ0n) is 21.6. The Hall–Kier alpha value is -3.17. The van der Waals surface area contributed by atoms with Crippen molar-refractivity contribution in [2.45, 2.75) is 70.6 Å². The summed E-state index contributed by atoms with van der Waals surface area (Å²) >= 11 is 0. The second-order valence-corrected chi connectivity index (χ2v) is 13.4. The number of para-hydroxylation sites is 2. The van der Waals surface area contributed by atoms with Gasteiger partial charge in [0.1, 0.15) is 23.6 Å². The maximum absolute atomic E-state index is 6.72. The highest BCUT2D eigenvalue weighted by atomic mass is 31.1. The Morgan fingerprint density at radius 1 is 0.676 bits per heavy atom. The van der Waals surface area contributed by atoms with Gasteiger partial charge in [0.15, 0.2) is 0 Å². The first-order valence-electron chi connectivity index (χ1n) is 13.8. The standard InChI is InChI=1S/C31H31N4OP/c1-18-19(2)33-20(3)32(18)21-10-4-5-11-22(21)34-23-12-6-7-13-24(23)35-26-15-9-17-28-30(26)37(31(34)35)29-25(33)14-8-16-27(29)36-28/h6-9,12-17,20-22,31H,4-5,10-11H2,1-3H3/t20-,21?,22?,31?,37+/m1/s1. The smallest absolute Gasteiger partial charge is 0.137 e. The molecule has 0 aromatic heterocycles. The second kappa shape index (κ2) is 7.02. The summed E-state index contributed by atoms with van der Waals surface area (Å²) in [6.07, 6.45) is 5.41. The predicted octanol–water partition coefficient (Wildman–Crippen LogP) is 6.52. The van der Waals surface area contributed by atoms with Crippen LogP contribution in [0.3, 0.4) is 0 Å². The summed E-state index contributed by atoms with van der Waals surface area (Å²) < 4.78 is 6.72. The number of rotatable bonds is 0. The molecule has 9 rings (SSSR count). The molecule has 0 spiro atoms. The largest absolute Gasteiger partial charge is 0.456 e. The molecule has 3 aromatic rings. The minimum absolute atomic E-state index is 0.286. The number of nitrogens with zero attached hydrogens (tertiary/aromatic N) is 4. The normalized spacial score (nSPS) is 29.8. The quantitative estimate of drug-likeness (QED) is 0.323. The Labute approximate surface area is 219 Å². The van der Waals surface area contributed by atoms with Crippen molar-refractivity contribution < 1.29 is 4.74 Å². The van der Waals surface area contributed by atoms with Crippen LogP contribution in [0.4, 0.5) is 22.7 Å². The first kappa shape index (κ1) is 20.8. The first-order chi connectivity index (χ1) is 18.1. The van der Waals surface area contributed by atoms with Crippen LogP contribution in [-0.4, -0.2) is 29.1 Å². The summed E-state index contributed by atoms with van der Waals surface area (Å²) in [6, 6.07) is 23.6. The van der Waals surface area contributed by atoms with Crippen molar-refractivity contribution in [1.82, 2.24) is 4.90 Å². The van der Waals surface area contributed by atoms with E-state index < -0.39 is 7.92 Å². The molecule has 2 bridgehead atoms. The lowest BCUT2D eigenvalue weighted by Gasteiger charge is -2.50. The molecular formula is C31H31N4OP. The molecule has 5 atom stereocenters. The minimum Gasteiger partial charge on any atom is -0.456 e. The highest BCUT2D eigenvalue weighted by molar-refractivity contribution is 7.75. The van der Waals surface area contributed by atoms with Gasteiger partial charge in [0.25, 0.3) is 0 Å². The van der Waals surface area contributed by atoms with Gasteiger partial charge in [0.2, 0.25) is 0 Å². The van der Waals surface area contributed by atoms with Crippen molar-refractivity contribution in [3.05, 3.63) is 72.1 Å². The maximum Gasteiger partial charge on any atom is 0.137 e. The second-order valence-electron chi connectivity index (χ2n) is 11.3. The summed E-state index contributed by atoms with van der Waals surface area (Å²) in [5.41, 5.74) is 8.27. The van der Waals surface area contributed by atoms with E-state index in [2.05, 4.69) is 101 Å². The van der Waals surface area contributed by atoms with Crippen LogP contribution in [-0.2, 0) is 0 Å². The van der Waals surface area contributed by atoms with E-state index in [4.69, 9.17) is 4.74 Å². The van der Waals surface area contributed by atoms with E-state index in [1.54, 1.807) is 0 Å². The Morgan fingerprint density at radius 3 is 1.97 bits per heavy atom. The molecule has 5 aliphatic heterocycles. The van der Waals surface area contributed by atoms with E-state index in [0.29, 0.717) is 12.1 Å². The van der Waals surface area contributed by atoms with Gasteiger partial charge in [-0.1, -0.05) is 37.1 Å². The first-order valence-corrected chi connectivity index (χ1v) is 15.2. The van der Waals surface area contributed by atoms with Gasteiger partial charge in [0, 0.05) is 19.3 Å². The summed E-state index contributed by atoms with van der Waals surface area (Å²) in [5.74, 6) is 2.38. The van der Waals surface area contributed by atoms with Crippen LogP contribution in [0.5, 0.6) is 11.5 Å². The Kier molecular flexibility index (Phi) is 3.95. The fourth-order valence-electron chi connectivity index (χ4n) is 8.32. The Bertz CT molecular complexity index is 1530. The molecule has 5 heterocycles. The molecule has 1 fully saturated rings. The molecule has 0 saturated heterocycles. The Balaban J connectivity index is 1.41. The van der Waals surface area contributed by atoms with Crippen LogP contribution in [0.15, 0.2) is 72.1 Å². The summed E-state index contributed by atoms with van der Waals surface area (Å²) in [7, 11) is -0.693. The maximum atomic E-state index is 6.72. The fourth-order valence-corrected chi connectivity index (χ4v) is 11.6. The van der Waals surface area contributed by atoms with E-state index in [1.807, 2.05) is 0 Å². The SMILES string of the molecule is CC1=C(C)N2C3CCCCC3N3c4ccccc4N4c5cccc6c5[P@](c5c(cccc5N1[C@@H]2C)O6)C43. The number of hydrogen-bond acceptors (Lipinski definition) is 5. The lowest BCUT2D eigenvalue weighted by atomic mass is 9.87. The monoisotopic (exact) mass is 506 g/mol. The van der Waals surface area contributed by atoms with Gasteiger partial charge in [-0.05, 0) is 70.0 Å². The summed E-state index contributed by atoms with van der Waals surface area (Å²) in [4.78, 5) is 10.9. The average Bonchev–Trinajstić information content (AvgIpc) is 3.50. The minimum atomic E-state index is -0.693. The summed E-state index contributed by atoms with van der Waals surface area (Å²) in [5, 5.41) is 2.84. The van der Waals surface area contributed by atoms with Crippen LogP contribution in [0.2, 0.25) is 0 Å². The van der Waals surface area contributed by atoms with Crippen molar-refractivity contribution >= 4 is 41.3 Å². The number of hydrogen-bond donors (Lipinski definition) is 0. The van der Waals surface area contributed by atoms with Crippen molar-refractivity contribution in [2.24, 2.45) is 0 Å². The molecule has 3 aromatic carbocycles. The van der Waals surface area contributed by atoms with Gasteiger partial charge < -0.3 is 24.3 Å². The fraction of sp³-hybridized carbons (Fsp3) is 0.355. The van der Waals surface area contributed by atoms with Crippen LogP contribution in [0, 0.1) is 0 Å². The van der Waals surface area contributed by atoms with Crippen molar-refractivity contribution in [2.75, 3.05) is 14.7 Å². The average molecular weight is 507 g/mol. The molecule has 0 amide bonds. The van der Waals surface area contributed by atoms with E-state index in [1.165, 1.54) is 70.4 Å². The van der Waals surface area contributed by atoms with Crippen LogP contribution < -0.4 is 30.0 Å². The van der Waals surface area contributed by atoms with Crippen LogP contribution in [0.1, 0.15) is 46.5 Å². The molecule has 6 aliphatic rings. The molecule has 0 radical (unpaired) electrons.